The van der Waals surface area contributed by atoms with Gasteiger partial charge in [-0.25, -0.2) is 14.8 Å². The molecule has 0 spiro atoms. The topological polar surface area (TPSA) is 141 Å². The SMILES string of the molecule is COC(=O)C[C@H](C(=O)N1CCC[C@H]1c1nc2cc(-c3ccc(-c4ccc5c(c4)nc([C@@H]4CCCN4C(=O)[C@@H](NC(=O)OC)C(C)C)n5C)cc3)ccc2n1C)C(C)C. The van der Waals surface area contributed by atoms with Crippen molar-refractivity contribution in [3.8, 4) is 22.3 Å². The van der Waals surface area contributed by atoms with Gasteiger partial charge < -0.3 is 33.7 Å². The fourth-order valence-electron chi connectivity index (χ4n) is 8.81. The van der Waals surface area contributed by atoms with E-state index in [9.17, 15) is 19.2 Å². The van der Waals surface area contributed by atoms with Crippen LogP contribution in [0.5, 0.6) is 0 Å². The fourth-order valence-corrected chi connectivity index (χ4v) is 8.81. The number of esters is 1. The smallest absolute Gasteiger partial charge is 0.407 e. The molecule has 2 saturated heterocycles. The number of aromatic nitrogens is 4. The average molecular weight is 790 g/mol. The van der Waals surface area contributed by atoms with Crippen molar-refractivity contribution in [3.63, 3.8) is 0 Å². The van der Waals surface area contributed by atoms with Crippen molar-refractivity contribution < 1.29 is 28.7 Å². The van der Waals surface area contributed by atoms with Gasteiger partial charge in [-0.15, -0.1) is 0 Å². The Morgan fingerprint density at radius 1 is 0.672 bits per heavy atom. The van der Waals surface area contributed by atoms with E-state index in [-0.39, 0.29) is 48.1 Å². The van der Waals surface area contributed by atoms with Gasteiger partial charge in [0.05, 0.1) is 60.7 Å². The summed E-state index contributed by atoms with van der Waals surface area (Å²) in [4.78, 5) is 65.7. The summed E-state index contributed by atoms with van der Waals surface area (Å²) in [7, 11) is 6.66. The lowest BCUT2D eigenvalue weighted by Gasteiger charge is -2.30. The number of nitrogens with one attached hydrogen (secondary N) is 1. The van der Waals surface area contributed by atoms with E-state index >= 15 is 0 Å². The van der Waals surface area contributed by atoms with Gasteiger partial charge in [0.25, 0.3) is 0 Å². The van der Waals surface area contributed by atoms with Crippen molar-refractivity contribution in [3.05, 3.63) is 72.3 Å². The van der Waals surface area contributed by atoms with E-state index in [1.54, 1.807) is 0 Å². The van der Waals surface area contributed by atoms with Crippen LogP contribution in [0.3, 0.4) is 0 Å². The first kappa shape index (κ1) is 40.5. The molecule has 306 valence electrons. The predicted molar refractivity (Wildman–Crippen MR) is 222 cm³/mol. The minimum absolute atomic E-state index is 0.00229. The van der Waals surface area contributed by atoms with Gasteiger partial charge >= 0.3 is 12.1 Å². The van der Waals surface area contributed by atoms with Crippen molar-refractivity contribution in [2.75, 3.05) is 27.3 Å². The molecule has 4 atom stereocenters. The summed E-state index contributed by atoms with van der Waals surface area (Å²) in [5, 5.41) is 2.73. The number of aryl methyl sites for hydroxylation is 2. The third-order valence-electron chi connectivity index (χ3n) is 12.2. The Bertz CT molecular complexity index is 2180. The van der Waals surface area contributed by atoms with Crippen molar-refractivity contribution in [1.82, 2.24) is 34.2 Å². The number of methoxy groups -OCH3 is 2. The van der Waals surface area contributed by atoms with Crippen molar-refractivity contribution in [2.24, 2.45) is 31.8 Å². The van der Waals surface area contributed by atoms with Crippen LogP contribution in [0.15, 0.2) is 60.7 Å². The number of fused-ring (bicyclic) bond motifs is 2. The number of benzene rings is 3. The Balaban J connectivity index is 1.10. The Labute approximate surface area is 339 Å². The molecule has 2 fully saturated rings. The van der Waals surface area contributed by atoms with E-state index in [1.165, 1.54) is 14.2 Å². The number of carbonyl (C=O) groups is 4. The number of ether oxygens (including phenoxy) is 2. The summed E-state index contributed by atoms with van der Waals surface area (Å²) in [6.07, 6.45) is 2.80. The highest BCUT2D eigenvalue weighted by Gasteiger charge is 2.40. The molecular formula is C45H55N7O6. The summed E-state index contributed by atoms with van der Waals surface area (Å²) in [5.74, 6) is 0.618. The lowest BCUT2D eigenvalue weighted by molar-refractivity contribution is -0.148. The molecule has 2 aliphatic rings. The van der Waals surface area contributed by atoms with Crippen molar-refractivity contribution in [2.45, 2.75) is 77.9 Å². The molecule has 3 amide bonds. The van der Waals surface area contributed by atoms with Crippen LogP contribution in [-0.4, -0.2) is 86.1 Å². The number of rotatable bonds is 11. The van der Waals surface area contributed by atoms with E-state index in [0.717, 1.165) is 81.7 Å². The van der Waals surface area contributed by atoms with E-state index in [0.29, 0.717) is 13.1 Å². The zero-order valence-electron chi connectivity index (χ0n) is 34.8. The number of imidazole rings is 2. The summed E-state index contributed by atoms with van der Waals surface area (Å²) >= 11 is 0. The van der Waals surface area contributed by atoms with Crippen LogP contribution in [0.25, 0.3) is 44.3 Å². The van der Waals surface area contributed by atoms with Gasteiger partial charge in [0.2, 0.25) is 11.8 Å². The van der Waals surface area contributed by atoms with E-state index < -0.39 is 18.1 Å². The molecule has 13 heteroatoms. The standard InChI is InChI=1S/C45H55N7O6/c1-26(2)32(25-39(53)57-7)43(54)51-21-9-11-37(51)41-46-33-23-30(17-19-35(33)49(41)5)28-13-15-29(16-14-28)31-18-20-36-34(24-31)47-42(50(36)6)38-12-10-22-52(38)44(55)40(27(3)4)48-45(56)58-8/h13-20,23-24,26-27,32,37-38,40H,9-12,21-22,25H2,1-8H3,(H,48,56)/t32-,37-,38-,40-/m0/s1. The van der Waals surface area contributed by atoms with Gasteiger partial charge in [-0.2, -0.15) is 0 Å². The Hall–Kier alpha value is -5.72. The molecule has 1 N–H and O–H groups in total. The second-order valence-corrected chi connectivity index (χ2v) is 16.4. The third-order valence-corrected chi connectivity index (χ3v) is 12.2. The summed E-state index contributed by atoms with van der Waals surface area (Å²) < 4.78 is 13.9. The quantitative estimate of drug-likeness (QED) is 0.137. The van der Waals surface area contributed by atoms with Crippen molar-refractivity contribution in [1.29, 1.82) is 0 Å². The molecule has 3 aromatic carbocycles. The average Bonchev–Trinajstić information content (AvgIpc) is 4.03. The molecule has 0 saturated carbocycles. The zero-order chi connectivity index (χ0) is 41.4. The lowest BCUT2D eigenvalue weighted by atomic mass is 9.90. The first-order valence-electron chi connectivity index (χ1n) is 20.4. The highest BCUT2D eigenvalue weighted by molar-refractivity contribution is 5.88. The number of carbonyl (C=O) groups excluding carboxylic acids is 4. The Morgan fingerprint density at radius 2 is 1.14 bits per heavy atom. The predicted octanol–water partition coefficient (Wildman–Crippen LogP) is 7.34. The first-order chi connectivity index (χ1) is 27.8. The monoisotopic (exact) mass is 789 g/mol. The molecule has 0 radical (unpaired) electrons. The summed E-state index contributed by atoms with van der Waals surface area (Å²) in [5.41, 5.74) is 7.91. The van der Waals surface area contributed by atoms with Crippen molar-refractivity contribution >= 4 is 45.9 Å². The van der Waals surface area contributed by atoms with Gasteiger partial charge in [0.15, 0.2) is 0 Å². The molecule has 58 heavy (non-hydrogen) atoms. The summed E-state index contributed by atoms with van der Waals surface area (Å²) in [6, 6.07) is 20.0. The maximum atomic E-state index is 13.8. The van der Waals surface area contributed by atoms with Gasteiger partial charge in [0.1, 0.15) is 17.7 Å². The second-order valence-electron chi connectivity index (χ2n) is 16.4. The number of amides is 3. The van der Waals surface area contributed by atoms with Gasteiger partial charge in [-0.1, -0.05) is 64.1 Å². The van der Waals surface area contributed by atoms with E-state index in [2.05, 4.69) is 75.1 Å². The number of hydrogen-bond donors (Lipinski definition) is 1. The minimum atomic E-state index is -0.690. The van der Waals surface area contributed by atoms with Crippen LogP contribution in [-0.2, 0) is 38.0 Å². The van der Waals surface area contributed by atoms with Gasteiger partial charge in [-0.05, 0) is 84.0 Å². The molecule has 4 heterocycles. The maximum absolute atomic E-state index is 13.8. The van der Waals surface area contributed by atoms with Crippen LogP contribution in [0, 0.1) is 17.8 Å². The highest BCUT2D eigenvalue weighted by Crippen LogP contribution is 2.38. The van der Waals surface area contributed by atoms with Crippen LogP contribution in [0.2, 0.25) is 0 Å². The number of likely N-dealkylation sites (tertiary alicyclic amines) is 2. The first-order valence-corrected chi connectivity index (χ1v) is 20.4. The molecule has 0 aliphatic carbocycles. The van der Waals surface area contributed by atoms with Crippen LogP contribution < -0.4 is 5.32 Å². The molecular weight excluding hydrogens is 735 g/mol. The fraction of sp³-hybridized carbons (Fsp3) is 0.467. The summed E-state index contributed by atoms with van der Waals surface area (Å²) in [6.45, 7) is 9.02. The number of hydrogen-bond acceptors (Lipinski definition) is 8. The normalized spacial score (nSPS) is 18.0. The largest absolute Gasteiger partial charge is 0.469 e. The van der Waals surface area contributed by atoms with Gasteiger partial charge in [0, 0.05) is 27.2 Å². The molecule has 0 bridgehead atoms. The Kier molecular flexibility index (Phi) is 11.6. The molecule has 7 rings (SSSR count). The second kappa shape index (κ2) is 16.6. The lowest BCUT2D eigenvalue weighted by Crippen LogP contribution is -2.51. The zero-order valence-corrected chi connectivity index (χ0v) is 34.8. The molecule has 0 unspecified atom stereocenters. The number of alkyl carbamates (subject to hydrolysis) is 1. The molecule has 2 aliphatic heterocycles. The van der Waals surface area contributed by atoms with E-state index in [4.69, 9.17) is 19.4 Å². The van der Waals surface area contributed by atoms with Crippen LogP contribution in [0.4, 0.5) is 4.79 Å². The van der Waals surface area contributed by atoms with Gasteiger partial charge in [-0.3, -0.25) is 14.4 Å². The molecule has 13 nitrogen and oxygen atoms in total. The molecule has 5 aromatic rings. The minimum Gasteiger partial charge on any atom is -0.469 e. The van der Waals surface area contributed by atoms with Crippen LogP contribution >= 0.6 is 0 Å². The highest BCUT2D eigenvalue weighted by atomic mass is 16.5. The third kappa shape index (κ3) is 7.66. The maximum Gasteiger partial charge on any atom is 0.407 e. The Morgan fingerprint density at radius 3 is 1.57 bits per heavy atom. The van der Waals surface area contributed by atoms with E-state index in [1.807, 2.05) is 51.6 Å². The molecule has 2 aromatic heterocycles. The number of nitrogens with zero attached hydrogens (tertiary/aromatic N) is 6. The van der Waals surface area contributed by atoms with Crippen LogP contribution in [0.1, 0.15) is 83.5 Å².